The maximum atomic E-state index is 13.3. The van der Waals surface area contributed by atoms with E-state index in [1.165, 1.54) is 9.56 Å². The van der Waals surface area contributed by atoms with Crippen molar-refractivity contribution >= 4 is 33.1 Å². The topological polar surface area (TPSA) is 76.9 Å². The zero-order valence-corrected chi connectivity index (χ0v) is 18.8. The summed E-state index contributed by atoms with van der Waals surface area (Å²) in [4.78, 5) is 28.3. The number of fused-ring (bicyclic) bond motifs is 3. The lowest BCUT2D eigenvalue weighted by Crippen LogP contribution is -2.34. The van der Waals surface area contributed by atoms with E-state index in [0.29, 0.717) is 16.1 Å². The molecule has 0 fully saturated rings. The molecule has 30 heavy (non-hydrogen) atoms. The molecule has 1 N–H and O–H groups in total. The van der Waals surface area contributed by atoms with Crippen LogP contribution in [0, 0.1) is 5.92 Å². The van der Waals surface area contributed by atoms with Gasteiger partial charge < -0.3 is 5.32 Å². The molecular formula is C23H28N4O2S. The van der Waals surface area contributed by atoms with Crippen molar-refractivity contribution in [2.24, 2.45) is 5.92 Å². The highest BCUT2D eigenvalue weighted by molar-refractivity contribution is 7.18. The molecule has 3 aromatic rings. The van der Waals surface area contributed by atoms with Crippen molar-refractivity contribution in [3.05, 3.63) is 50.1 Å². The SMILES string of the molecule is CCc1cccc(CC)c1NC(=O)[C@H](C)n1nnc2sc3c(c2c1=O)CC[C@@H](C)C3. The fourth-order valence-electron chi connectivity index (χ4n) is 4.27. The average molecular weight is 425 g/mol. The third-order valence-electron chi connectivity index (χ3n) is 6.14. The third-order valence-corrected chi connectivity index (χ3v) is 7.28. The molecule has 1 aliphatic rings. The monoisotopic (exact) mass is 424 g/mol. The number of rotatable bonds is 5. The summed E-state index contributed by atoms with van der Waals surface area (Å²) < 4.78 is 1.24. The van der Waals surface area contributed by atoms with Crippen LogP contribution in [0.15, 0.2) is 23.0 Å². The van der Waals surface area contributed by atoms with E-state index in [9.17, 15) is 9.59 Å². The second-order valence-electron chi connectivity index (χ2n) is 8.19. The van der Waals surface area contributed by atoms with E-state index in [1.54, 1.807) is 18.3 Å². The molecular weight excluding hydrogens is 396 g/mol. The van der Waals surface area contributed by atoms with Gasteiger partial charge >= 0.3 is 0 Å². The summed E-state index contributed by atoms with van der Waals surface area (Å²) >= 11 is 1.57. The Morgan fingerprint density at radius 1 is 1.30 bits per heavy atom. The number of nitrogens with one attached hydrogen (secondary N) is 1. The Balaban J connectivity index is 1.69. The molecule has 0 saturated carbocycles. The first-order chi connectivity index (χ1) is 14.4. The predicted molar refractivity (Wildman–Crippen MR) is 121 cm³/mol. The smallest absolute Gasteiger partial charge is 0.279 e. The molecule has 0 aliphatic heterocycles. The Labute approximate surface area is 180 Å². The summed E-state index contributed by atoms with van der Waals surface area (Å²) in [5, 5.41) is 12.1. The molecule has 6 nitrogen and oxygen atoms in total. The standard InChI is InChI=1S/C23H28N4O2S/c1-5-15-8-7-9-16(6-2)20(15)24-21(28)14(4)27-23(29)19-17-11-10-13(3)12-18(17)30-22(19)25-26-27/h7-9,13-14H,5-6,10-12H2,1-4H3,(H,24,28)/t13-,14+/m1/s1. The maximum Gasteiger partial charge on any atom is 0.279 e. The Morgan fingerprint density at radius 3 is 2.67 bits per heavy atom. The molecule has 1 amide bonds. The molecule has 0 saturated heterocycles. The van der Waals surface area contributed by atoms with Crippen molar-refractivity contribution in [2.75, 3.05) is 5.32 Å². The van der Waals surface area contributed by atoms with Crippen LogP contribution in [0.2, 0.25) is 0 Å². The fourth-order valence-corrected chi connectivity index (χ4v) is 5.58. The van der Waals surface area contributed by atoms with E-state index in [2.05, 4.69) is 36.4 Å². The molecule has 2 atom stereocenters. The molecule has 1 aliphatic carbocycles. The molecule has 7 heteroatoms. The van der Waals surface area contributed by atoms with E-state index >= 15 is 0 Å². The van der Waals surface area contributed by atoms with Crippen LogP contribution >= 0.6 is 11.3 Å². The number of hydrogen-bond acceptors (Lipinski definition) is 5. The first-order valence-electron chi connectivity index (χ1n) is 10.8. The van der Waals surface area contributed by atoms with Crippen LogP contribution in [-0.4, -0.2) is 20.9 Å². The van der Waals surface area contributed by atoms with Gasteiger partial charge in [0.05, 0.1) is 5.39 Å². The average Bonchev–Trinajstić information content (AvgIpc) is 3.11. The third kappa shape index (κ3) is 3.55. The van der Waals surface area contributed by atoms with Gasteiger partial charge in [0.1, 0.15) is 6.04 Å². The minimum Gasteiger partial charge on any atom is -0.324 e. The molecule has 0 unspecified atom stereocenters. The quantitative estimate of drug-likeness (QED) is 0.662. The van der Waals surface area contributed by atoms with Crippen molar-refractivity contribution in [2.45, 2.75) is 65.8 Å². The number of anilines is 1. The number of hydrogen-bond donors (Lipinski definition) is 1. The van der Waals surface area contributed by atoms with Gasteiger partial charge in [0, 0.05) is 10.6 Å². The number of carbonyl (C=O) groups is 1. The first kappa shape index (κ1) is 20.7. The molecule has 4 rings (SSSR count). The lowest BCUT2D eigenvalue weighted by molar-refractivity contribution is -0.119. The van der Waals surface area contributed by atoms with Gasteiger partial charge in [-0.3, -0.25) is 9.59 Å². The van der Waals surface area contributed by atoms with Crippen LogP contribution in [-0.2, 0) is 30.5 Å². The van der Waals surface area contributed by atoms with Crippen LogP contribution in [0.3, 0.4) is 0 Å². The van der Waals surface area contributed by atoms with E-state index < -0.39 is 6.04 Å². The van der Waals surface area contributed by atoms with Crippen molar-refractivity contribution in [3.63, 3.8) is 0 Å². The van der Waals surface area contributed by atoms with E-state index in [0.717, 1.165) is 54.5 Å². The lowest BCUT2D eigenvalue weighted by Gasteiger charge is -2.18. The normalized spacial score (nSPS) is 17.0. The van der Waals surface area contributed by atoms with E-state index in [4.69, 9.17) is 0 Å². The molecule has 0 bridgehead atoms. The Kier molecular flexibility index (Phi) is 5.73. The molecule has 0 spiro atoms. The summed E-state index contributed by atoms with van der Waals surface area (Å²) in [5.74, 6) is 0.371. The number of carbonyl (C=O) groups excluding carboxylic acids is 1. The van der Waals surface area contributed by atoms with Crippen LogP contribution < -0.4 is 10.9 Å². The highest BCUT2D eigenvalue weighted by Crippen LogP contribution is 2.35. The van der Waals surface area contributed by atoms with Gasteiger partial charge in [-0.25, -0.2) is 0 Å². The minimum absolute atomic E-state index is 0.214. The van der Waals surface area contributed by atoms with Crippen molar-refractivity contribution in [1.82, 2.24) is 15.0 Å². The fraction of sp³-hybridized carbons (Fsp3) is 0.478. The van der Waals surface area contributed by atoms with Crippen LogP contribution in [0.25, 0.3) is 10.2 Å². The Bertz CT molecular complexity index is 1140. The number of amides is 1. The molecule has 1 aromatic carbocycles. The number of benzene rings is 1. The van der Waals surface area contributed by atoms with Crippen molar-refractivity contribution in [3.8, 4) is 0 Å². The number of aromatic nitrogens is 3. The van der Waals surface area contributed by atoms with Gasteiger partial charge in [-0.15, -0.1) is 16.4 Å². The van der Waals surface area contributed by atoms with Crippen LogP contribution in [0.4, 0.5) is 5.69 Å². The van der Waals surface area contributed by atoms with Gasteiger partial charge in [0.15, 0.2) is 4.83 Å². The molecule has 2 heterocycles. The second kappa shape index (κ2) is 8.30. The molecule has 2 aromatic heterocycles. The summed E-state index contributed by atoms with van der Waals surface area (Å²) in [7, 11) is 0. The summed E-state index contributed by atoms with van der Waals surface area (Å²) in [5.41, 5.74) is 3.92. The van der Waals surface area contributed by atoms with Gasteiger partial charge in [0.2, 0.25) is 5.91 Å². The largest absolute Gasteiger partial charge is 0.324 e. The highest BCUT2D eigenvalue weighted by Gasteiger charge is 2.26. The predicted octanol–water partition coefficient (Wildman–Crippen LogP) is 4.30. The zero-order chi connectivity index (χ0) is 21.4. The van der Waals surface area contributed by atoms with E-state index in [-0.39, 0.29) is 11.5 Å². The zero-order valence-electron chi connectivity index (χ0n) is 18.0. The Hall–Kier alpha value is -2.54. The molecule has 0 radical (unpaired) electrons. The van der Waals surface area contributed by atoms with Gasteiger partial charge in [0.25, 0.3) is 5.56 Å². The van der Waals surface area contributed by atoms with Gasteiger partial charge in [-0.2, -0.15) is 4.68 Å². The number of aryl methyl sites for hydroxylation is 3. The van der Waals surface area contributed by atoms with Crippen molar-refractivity contribution in [1.29, 1.82) is 0 Å². The molecule has 158 valence electrons. The number of para-hydroxylation sites is 1. The summed E-state index contributed by atoms with van der Waals surface area (Å²) in [6.07, 6.45) is 4.59. The highest BCUT2D eigenvalue weighted by atomic mass is 32.1. The van der Waals surface area contributed by atoms with Gasteiger partial charge in [-0.05, 0) is 61.6 Å². The number of thiophene rings is 1. The number of nitrogens with zero attached hydrogens (tertiary/aromatic N) is 3. The minimum atomic E-state index is -0.748. The summed E-state index contributed by atoms with van der Waals surface area (Å²) in [6, 6.07) is 5.31. The van der Waals surface area contributed by atoms with Crippen LogP contribution in [0.5, 0.6) is 0 Å². The maximum absolute atomic E-state index is 13.3. The Morgan fingerprint density at radius 2 is 2.00 bits per heavy atom. The lowest BCUT2D eigenvalue weighted by atomic mass is 9.89. The van der Waals surface area contributed by atoms with Crippen molar-refractivity contribution < 1.29 is 4.79 Å². The summed E-state index contributed by atoms with van der Waals surface area (Å²) in [6.45, 7) is 8.08. The van der Waals surface area contributed by atoms with E-state index in [1.807, 2.05) is 18.2 Å². The van der Waals surface area contributed by atoms with Gasteiger partial charge in [-0.1, -0.05) is 44.2 Å². The first-order valence-corrected chi connectivity index (χ1v) is 11.6. The second-order valence-corrected chi connectivity index (χ2v) is 9.28. The van der Waals surface area contributed by atoms with Crippen LogP contribution in [0.1, 0.15) is 61.7 Å².